The average Bonchev–Trinajstić information content (AvgIpc) is 2.53. The Kier molecular flexibility index (Phi) is 5.57. The van der Waals surface area contributed by atoms with Crippen LogP contribution in [0.4, 0.5) is 11.4 Å². The van der Waals surface area contributed by atoms with Crippen molar-refractivity contribution in [2.24, 2.45) is 0 Å². The molecule has 2 aromatic rings. The Hall–Kier alpha value is -3.02. The smallest absolute Gasteiger partial charge is 0.262 e. The van der Waals surface area contributed by atoms with Gasteiger partial charge in [-0.15, -0.1) is 0 Å². The zero-order chi connectivity index (χ0) is 16.7. The monoisotopic (exact) mass is 314 g/mol. The summed E-state index contributed by atoms with van der Waals surface area (Å²) < 4.78 is 10.6. The summed E-state index contributed by atoms with van der Waals surface area (Å²) in [5, 5.41) is 5.37. The molecule has 0 bridgehead atoms. The maximum absolute atomic E-state index is 12.0. The molecule has 0 unspecified atom stereocenters. The third-order valence-electron chi connectivity index (χ3n) is 2.91. The fourth-order valence-electron chi connectivity index (χ4n) is 1.95. The first-order chi connectivity index (χ1) is 11.1. The lowest BCUT2D eigenvalue weighted by Gasteiger charge is -2.11. The van der Waals surface area contributed by atoms with Gasteiger partial charge in [0.05, 0.1) is 12.8 Å². The quantitative estimate of drug-likeness (QED) is 0.859. The fourth-order valence-corrected chi connectivity index (χ4v) is 1.95. The van der Waals surface area contributed by atoms with Gasteiger partial charge in [-0.05, 0) is 24.3 Å². The van der Waals surface area contributed by atoms with Crippen molar-refractivity contribution in [3.63, 3.8) is 0 Å². The topological polar surface area (TPSA) is 76.7 Å². The number of anilines is 2. The van der Waals surface area contributed by atoms with E-state index in [9.17, 15) is 9.59 Å². The molecule has 0 fully saturated rings. The summed E-state index contributed by atoms with van der Waals surface area (Å²) in [4.78, 5) is 23.0. The van der Waals surface area contributed by atoms with Crippen LogP contribution in [0.2, 0.25) is 0 Å². The highest BCUT2D eigenvalue weighted by Crippen LogP contribution is 2.23. The molecule has 0 aliphatic heterocycles. The van der Waals surface area contributed by atoms with Crippen LogP contribution in [0, 0.1) is 0 Å². The van der Waals surface area contributed by atoms with Gasteiger partial charge in [0.15, 0.2) is 6.61 Å². The molecule has 0 aromatic heterocycles. The second-order valence-electron chi connectivity index (χ2n) is 4.75. The van der Waals surface area contributed by atoms with E-state index < -0.39 is 0 Å². The van der Waals surface area contributed by atoms with Crippen LogP contribution in [0.15, 0.2) is 48.5 Å². The Morgan fingerprint density at radius 1 is 1.04 bits per heavy atom. The van der Waals surface area contributed by atoms with Gasteiger partial charge >= 0.3 is 0 Å². The first-order valence-electron chi connectivity index (χ1n) is 7.02. The van der Waals surface area contributed by atoms with Gasteiger partial charge < -0.3 is 20.1 Å². The van der Waals surface area contributed by atoms with Crippen LogP contribution >= 0.6 is 0 Å². The number of carbonyl (C=O) groups is 2. The van der Waals surface area contributed by atoms with Crippen molar-refractivity contribution < 1.29 is 19.1 Å². The molecule has 0 spiro atoms. The summed E-state index contributed by atoms with van der Waals surface area (Å²) in [7, 11) is 1.54. The van der Waals surface area contributed by atoms with Crippen LogP contribution in [-0.4, -0.2) is 25.5 Å². The van der Waals surface area contributed by atoms with Crippen LogP contribution in [0.5, 0.6) is 11.5 Å². The van der Waals surface area contributed by atoms with E-state index in [0.717, 1.165) is 0 Å². The van der Waals surface area contributed by atoms with E-state index in [2.05, 4.69) is 10.6 Å². The number of hydrogen-bond donors (Lipinski definition) is 2. The summed E-state index contributed by atoms with van der Waals surface area (Å²) in [5.41, 5.74) is 1.19. The second-order valence-corrected chi connectivity index (χ2v) is 4.75. The van der Waals surface area contributed by atoms with Gasteiger partial charge in [-0.3, -0.25) is 9.59 Å². The predicted octanol–water partition coefficient (Wildman–Crippen LogP) is 2.67. The third kappa shape index (κ3) is 5.03. The summed E-state index contributed by atoms with van der Waals surface area (Å²) in [6, 6.07) is 14.0. The maximum Gasteiger partial charge on any atom is 0.262 e. The van der Waals surface area contributed by atoms with Gasteiger partial charge in [-0.1, -0.05) is 18.2 Å². The molecular formula is C17H18N2O4. The van der Waals surface area contributed by atoms with Crippen LogP contribution in [-0.2, 0) is 9.59 Å². The third-order valence-corrected chi connectivity index (χ3v) is 2.91. The second kappa shape index (κ2) is 7.84. The van der Waals surface area contributed by atoms with Crippen molar-refractivity contribution in [2.45, 2.75) is 6.92 Å². The fraction of sp³-hybridized carbons (Fsp3) is 0.176. The molecule has 0 aliphatic carbocycles. The van der Waals surface area contributed by atoms with Gasteiger partial charge in [-0.25, -0.2) is 0 Å². The van der Waals surface area contributed by atoms with Crippen molar-refractivity contribution >= 4 is 23.2 Å². The molecule has 0 saturated carbocycles. The van der Waals surface area contributed by atoms with Crippen molar-refractivity contribution in [3.05, 3.63) is 48.5 Å². The molecule has 6 nitrogen and oxygen atoms in total. The van der Waals surface area contributed by atoms with Crippen LogP contribution in [0.3, 0.4) is 0 Å². The van der Waals surface area contributed by atoms with Crippen LogP contribution in [0.1, 0.15) is 6.92 Å². The Morgan fingerprint density at radius 3 is 2.57 bits per heavy atom. The highest BCUT2D eigenvalue weighted by atomic mass is 16.5. The first kappa shape index (κ1) is 16.4. The molecule has 2 rings (SSSR count). The van der Waals surface area contributed by atoms with Gasteiger partial charge in [0.25, 0.3) is 5.91 Å². The van der Waals surface area contributed by atoms with Crippen molar-refractivity contribution in [3.8, 4) is 11.5 Å². The largest absolute Gasteiger partial charge is 0.495 e. The molecule has 23 heavy (non-hydrogen) atoms. The standard InChI is InChI=1S/C17H18N2O4/c1-12(20)18-13-6-5-7-14(10-13)23-11-17(21)19-15-8-3-4-9-16(15)22-2/h3-10H,11H2,1-2H3,(H,18,20)(H,19,21). The number of nitrogens with one attached hydrogen (secondary N) is 2. The number of rotatable bonds is 6. The van der Waals surface area contributed by atoms with E-state index in [1.165, 1.54) is 14.0 Å². The number of benzene rings is 2. The highest BCUT2D eigenvalue weighted by molar-refractivity contribution is 5.93. The Balaban J connectivity index is 1.93. The lowest BCUT2D eigenvalue weighted by molar-refractivity contribution is -0.118. The van der Waals surface area contributed by atoms with Gasteiger partial charge in [0.2, 0.25) is 5.91 Å². The predicted molar refractivity (Wildman–Crippen MR) is 87.9 cm³/mol. The average molecular weight is 314 g/mol. The lowest BCUT2D eigenvalue weighted by Crippen LogP contribution is -2.20. The summed E-state index contributed by atoms with van der Waals surface area (Å²) in [5.74, 6) is 0.593. The summed E-state index contributed by atoms with van der Waals surface area (Å²) in [6.07, 6.45) is 0. The Labute approximate surface area is 134 Å². The molecule has 120 valence electrons. The molecule has 2 N–H and O–H groups in total. The maximum atomic E-state index is 12.0. The molecule has 6 heteroatoms. The van der Waals surface area contributed by atoms with E-state index in [4.69, 9.17) is 9.47 Å². The molecule has 0 aliphatic rings. The number of para-hydroxylation sites is 2. The van der Waals surface area contributed by atoms with E-state index in [1.807, 2.05) is 6.07 Å². The molecule has 0 heterocycles. The normalized spacial score (nSPS) is 9.83. The van der Waals surface area contributed by atoms with Gasteiger partial charge in [0.1, 0.15) is 11.5 Å². The van der Waals surface area contributed by atoms with Crippen LogP contribution < -0.4 is 20.1 Å². The molecule has 0 atom stereocenters. The molecule has 2 amide bonds. The Bertz CT molecular complexity index is 700. The minimum absolute atomic E-state index is 0.151. The molecular weight excluding hydrogens is 296 g/mol. The minimum Gasteiger partial charge on any atom is -0.495 e. The van der Waals surface area contributed by atoms with Gasteiger partial charge in [0, 0.05) is 18.7 Å². The number of carbonyl (C=O) groups excluding carboxylic acids is 2. The molecule has 0 saturated heterocycles. The van der Waals surface area contributed by atoms with Crippen LogP contribution in [0.25, 0.3) is 0 Å². The van der Waals surface area contributed by atoms with E-state index in [1.54, 1.807) is 42.5 Å². The highest BCUT2D eigenvalue weighted by Gasteiger charge is 2.08. The zero-order valence-corrected chi connectivity index (χ0v) is 13.0. The van der Waals surface area contributed by atoms with E-state index in [0.29, 0.717) is 22.9 Å². The SMILES string of the molecule is COc1ccccc1NC(=O)COc1cccc(NC(C)=O)c1. The molecule has 0 radical (unpaired) electrons. The number of ether oxygens (including phenoxy) is 2. The van der Waals surface area contributed by atoms with Crippen molar-refractivity contribution in [2.75, 3.05) is 24.4 Å². The van der Waals surface area contributed by atoms with Crippen molar-refractivity contribution in [1.82, 2.24) is 0 Å². The van der Waals surface area contributed by atoms with E-state index in [-0.39, 0.29) is 18.4 Å². The minimum atomic E-state index is -0.306. The van der Waals surface area contributed by atoms with Gasteiger partial charge in [-0.2, -0.15) is 0 Å². The number of amides is 2. The first-order valence-corrected chi connectivity index (χ1v) is 7.02. The number of methoxy groups -OCH3 is 1. The summed E-state index contributed by atoms with van der Waals surface area (Å²) in [6.45, 7) is 1.27. The van der Waals surface area contributed by atoms with E-state index >= 15 is 0 Å². The lowest BCUT2D eigenvalue weighted by atomic mass is 10.3. The molecule has 2 aromatic carbocycles. The van der Waals surface area contributed by atoms with Crippen molar-refractivity contribution in [1.29, 1.82) is 0 Å². The summed E-state index contributed by atoms with van der Waals surface area (Å²) >= 11 is 0. The Morgan fingerprint density at radius 2 is 1.83 bits per heavy atom. The number of hydrogen-bond acceptors (Lipinski definition) is 4. The zero-order valence-electron chi connectivity index (χ0n) is 13.0.